The highest BCUT2D eigenvalue weighted by Gasteiger charge is 2.15. The Bertz CT molecular complexity index is 1500. The van der Waals surface area contributed by atoms with Crippen molar-refractivity contribution >= 4 is 28.6 Å². The smallest absolute Gasteiger partial charge is 0.340 e. The Labute approximate surface area is 202 Å². The number of hydrogen-bond donors (Lipinski definition) is 1. The Kier molecular flexibility index (Phi) is 6.26. The van der Waals surface area contributed by atoms with Crippen molar-refractivity contribution in [2.45, 2.75) is 6.61 Å². The van der Waals surface area contributed by atoms with Gasteiger partial charge < -0.3 is 10.1 Å². The standard InChI is InChI=1S/C29H21N3O3/c33-28(22-8-2-1-3-9-22)32-24-11-5-4-10-23(24)29(34)35-19-20-14-16-21(17-15-20)27-18-30-25-12-6-7-13-26(25)31-27/h1-18H,19H2,(H,32,33). The van der Waals surface area contributed by atoms with Gasteiger partial charge in [0, 0.05) is 11.1 Å². The second-order valence-corrected chi connectivity index (χ2v) is 7.88. The van der Waals surface area contributed by atoms with Gasteiger partial charge in [0.15, 0.2) is 0 Å². The summed E-state index contributed by atoms with van der Waals surface area (Å²) in [5.74, 6) is -0.809. The molecule has 0 spiro atoms. The van der Waals surface area contributed by atoms with E-state index < -0.39 is 5.97 Å². The maximum absolute atomic E-state index is 12.8. The molecule has 6 nitrogen and oxygen atoms in total. The zero-order chi connectivity index (χ0) is 24.0. The number of nitrogens with zero attached hydrogens (tertiary/aromatic N) is 2. The predicted octanol–water partition coefficient (Wildman–Crippen LogP) is 5.91. The number of carbonyl (C=O) groups is 2. The highest BCUT2D eigenvalue weighted by Crippen LogP contribution is 2.21. The zero-order valence-electron chi connectivity index (χ0n) is 18.7. The van der Waals surface area contributed by atoms with E-state index in [1.165, 1.54) is 0 Å². The minimum Gasteiger partial charge on any atom is -0.457 e. The Balaban J connectivity index is 1.25. The van der Waals surface area contributed by atoms with Gasteiger partial charge in [0.05, 0.1) is 34.2 Å². The number of amides is 1. The number of ether oxygens (including phenoxy) is 1. The molecule has 6 heteroatoms. The molecule has 0 fully saturated rings. The van der Waals surface area contributed by atoms with Crippen molar-refractivity contribution in [2.24, 2.45) is 0 Å². The molecule has 5 rings (SSSR count). The van der Waals surface area contributed by atoms with Crippen LogP contribution in [0, 0.1) is 0 Å². The van der Waals surface area contributed by atoms with E-state index in [-0.39, 0.29) is 12.5 Å². The van der Waals surface area contributed by atoms with Crippen LogP contribution in [0.2, 0.25) is 0 Å². The van der Waals surface area contributed by atoms with Crippen LogP contribution in [0.1, 0.15) is 26.3 Å². The van der Waals surface area contributed by atoms with Crippen LogP contribution in [0.15, 0.2) is 109 Å². The summed E-state index contributed by atoms with van der Waals surface area (Å²) in [6.07, 6.45) is 1.75. The Morgan fingerprint density at radius 1 is 0.743 bits per heavy atom. The molecule has 1 aromatic heterocycles. The topological polar surface area (TPSA) is 81.2 Å². The number of para-hydroxylation sites is 3. The van der Waals surface area contributed by atoms with Gasteiger partial charge >= 0.3 is 5.97 Å². The van der Waals surface area contributed by atoms with Crippen LogP contribution < -0.4 is 5.32 Å². The van der Waals surface area contributed by atoms with E-state index in [1.807, 2.05) is 54.6 Å². The number of nitrogens with one attached hydrogen (secondary N) is 1. The van der Waals surface area contributed by atoms with E-state index in [4.69, 9.17) is 4.74 Å². The minimum atomic E-state index is -0.515. The molecular weight excluding hydrogens is 438 g/mol. The fourth-order valence-electron chi connectivity index (χ4n) is 3.65. The first kappa shape index (κ1) is 22.0. The van der Waals surface area contributed by atoms with Crippen molar-refractivity contribution in [1.82, 2.24) is 9.97 Å². The summed E-state index contributed by atoms with van der Waals surface area (Å²) in [6.45, 7) is 0.101. The number of benzene rings is 4. The molecule has 4 aromatic carbocycles. The summed E-state index contributed by atoms with van der Waals surface area (Å²) in [5, 5.41) is 2.79. The number of esters is 1. The fourth-order valence-corrected chi connectivity index (χ4v) is 3.65. The van der Waals surface area contributed by atoms with Gasteiger partial charge in [-0.3, -0.25) is 9.78 Å². The third kappa shape index (κ3) is 5.07. The van der Waals surface area contributed by atoms with Gasteiger partial charge in [0.25, 0.3) is 5.91 Å². The average molecular weight is 460 g/mol. The molecule has 5 aromatic rings. The lowest BCUT2D eigenvalue weighted by atomic mass is 10.1. The van der Waals surface area contributed by atoms with Gasteiger partial charge in [-0.15, -0.1) is 0 Å². The molecule has 0 aliphatic rings. The molecule has 0 bridgehead atoms. The summed E-state index contributed by atoms with van der Waals surface area (Å²) < 4.78 is 5.53. The van der Waals surface area contributed by atoms with Crippen LogP contribution in [-0.2, 0) is 11.3 Å². The van der Waals surface area contributed by atoms with Crippen molar-refractivity contribution in [2.75, 3.05) is 5.32 Å². The van der Waals surface area contributed by atoms with E-state index >= 15 is 0 Å². The van der Waals surface area contributed by atoms with E-state index in [1.54, 1.807) is 54.7 Å². The van der Waals surface area contributed by atoms with Crippen LogP contribution in [0.25, 0.3) is 22.3 Å². The monoisotopic (exact) mass is 459 g/mol. The van der Waals surface area contributed by atoms with Gasteiger partial charge in [-0.05, 0) is 42.0 Å². The molecule has 35 heavy (non-hydrogen) atoms. The van der Waals surface area contributed by atoms with E-state index in [0.717, 1.165) is 27.9 Å². The molecule has 1 N–H and O–H groups in total. The number of anilines is 1. The lowest BCUT2D eigenvalue weighted by molar-refractivity contribution is 0.0474. The fraction of sp³-hybridized carbons (Fsp3) is 0.0345. The van der Waals surface area contributed by atoms with Crippen LogP contribution in [0.5, 0.6) is 0 Å². The van der Waals surface area contributed by atoms with Gasteiger partial charge in [0.2, 0.25) is 0 Å². The minimum absolute atomic E-state index is 0.101. The summed E-state index contributed by atoms with van der Waals surface area (Å²) in [7, 11) is 0. The van der Waals surface area contributed by atoms with Gasteiger partial charge in [-0.25, -0.2) is 9.78 Å². The third-order valence-electron chi connectivity index (χ3n) is 5.50. The lowest BCUT2D eigenvalue weighted by Crippen LogP contribution is -2.15. The van der Waals surface area contributed by atoms with Crippen LogP contribution in [0.3, 0.4) is 0 Å². The molecule has 0 radical (unpaired) electrons. The van der Waals surface area contributed by atoms with E-state index in [2.05, 4.69) is 15.3 Å². The normalized spacial score (nSPS) is 10.6. The maximum atomic E-state index is 12.8. The molecule has 1 amide bonds. The van der Waals surface area contributed by atoms with Crippen molar-refractivity contribution < 1.29 is 14.3 Å². The van der Waals surface area contributed by atoms with Gasteiger partial charge in [-0.1, -0.05) is 66.7 Å². The Morgan fingerprint density at radius 3 is 2.23 bits per heavy atom. The maximum Gasteiger partial charge on any atom is 0.340 e. The highest BCUT2D eigenvalue weighted by molar-refractivity contribution is 6.08. The summed E-state index contributed by atoms with van der Waals surface area (Å²) in [4.78, 5) is 34.4. The largest absolute Gasteiger partial charge is 0.457 e. The summed E-state index contributed by atoms with van der Waals surface area (Å²) >= 11 is 0. The SMILES string of the molecule is O=C(Nc1ccccc1C(=O)OCc1ccc(-c2cnc3ccccc3n2)cc1)c1ccccc1. The molecule has 0 atom stereocenters. The summed E-state index contributed by atoms with van der Waals surface area (Å²) in [6, 6.07) is 31.0. The quantitative estimate of drug-likeness (QED) is 0.320. The average Bonchev–Trinajstić information content (AvgIpc) is 2.92. The van der Waals surface area contributed by atoms with Crippen molar-refractivity contribution in [1.29, 1.82) is 0 Å². The molecule has 0 saturated heterocycles. The van der Waals surface area contributed by atoms with E-state index in [0.29, 0.717) is 16.8 Å². The number of rotatable bonds is 6. The van der Waals surface area contributed by atoms with Crippen LogP contribution in [0.4, 0.5) is 5.69 Å². The van der Waals surface area contributed by atoms with Crippen LogP contribution >= 0.6 is 0 Å². The van der Waals surface area contributed by atoms with Crippen molar-refractivity contribution in [3.8, 4) is 11.3 Å². The second-order valence-electron chi connectivity index (χ2n) is 7.88. The summed E-state index contributed by atoms with van der Waals surface area (Å²) in [5.41, 5.74) is 5.41. The first-order valence-corrected chi connectivity index (χ1v) is 11.1. The van der Waals surface area contributed by atoms with Crippen molar-refractivity contribution in [3.63, 3.8) is 0 Å². The highest BCUT2D eigenvalue weighted by atomic mass is 16.5. The first-order chi connectivity index (χ1) is 17.2. The van der Waals surface area contributed by atoms with Crippen molar-refractivity contribution in [3.05, 3.63) is 126 Å². The molecular formula is C29H21N3O3. The molecule has 0 aliphatic carbocycles. The third-order valence-corrected chi connectivity index (χ3v) is 5.50. The molecule has 170 valence electrons. The van der Waals surface area contributed by atoms with Crippen LogP contribution in [-0.4, -0.2) is 21.8 Å². The Morgan fingerprint density at radius 2 is 1.43 bits per heavy atom. The number of carbonyl (C=O) groups excluding carboxylic acids is 2. The molecule has 0 unspecified atom stereocenters. The molecule has 1 heterocycles. The van der Waals surface area contributed by atoms with E-state index in [9.17, 15) is 9.59 Å². The predicted molar refractivity (Wildman–Crippen MR) is 135 cm³/mol. The van der Waals surface area contributed by atoms with Gasteiger partial charge in [-0.2, -0.15) is 0 Å². The molecule has 0 aliphatic heterocycles. The first-order valence-electron chi connectivity index (χ1n) is 11.1. The number of fused-ring (bicyclic) bond motifs is 1. The second kappa shape index (κ2) is 9.97. The zero-order valence-corrected chi connectivity index (χ0v) is 18.7. The number of hydrogen-bond acceptors (Lipinski definition) is 5. The molecule has 0 saturated carbocycles. The lowest BCUT2D eigenvalue weighted by Gasteiger charge is -2.11. The van der Waals surface area contributed by atoms with Gasteiger partial charge in [0.1, 0.15) is 6.61 Å². The number of aromatic nitrogens is 2. The Hall–Kier alpha value is -4.84.